The number of allylic oxidation sites excluding steroid dienone is 3. The zero-order chi connectivity index (χ0) is 30.1. The number of amidine groups is 1. The van der Waals surface area contributed by atoms with Gasteiger partial charge in [0.2, 0.25) is 0 Å². The van der Waals surface area contributed by atoms with Crippen LogP contribution < -0.4 is 19.7 Å². The molecule has 1 N–H and O–H groups in total. The normalized spacial score (nSPS) is 17.4. The van der Waals surface area contributed by atoms with Crippen molar-refractivity contribution in [3.8, 4) is 11.5 Å². The van der Waals surface area contributed by atoms with E-state index in [2.05, 4.69) is 61.7 Å². The molecule has 1 aromatic carbocycles. The van der Waals surface area contributed by atoms with Crippen molar-refractivity contribution in [2.75, 3.05) is 29.9 Å². The number of pyridine rings is 1. The van der Waals surface area contributed by atoms with Gasteiger partial charge in [-0.3, -0.25) is 0 Å². The van der Waals surface area contributed by atoms with Gasteiger partial charge in [0, 0.05) is 49.4 Å². The number of aromatic nitrogens is 1. The van der Waals surface area contributed by atoms with E-state index in [9.17, 15) is 0 Å². The molecular formula is C34H44N6O2. The Morgan fingerprint density at radius 1 is 1.24 bits per heavy atom. The minimum Gasteiger partial charge on any atom is -0.489 e. The molecule has 8 nitrogen and oxygen atoms in total. The van der Waals surface area contributed by atoms with Crippen LogP contribution in [0.15, 0.2) is 83.0 Å². The summed E-state index contributed by atoms with van der Waals surface area (Å²) in [5, 5.41) is 9.49. The summed E-state index contributed by atoms with van der Waals surface area (Å²) >= 11 is 0. The summed E-state index contributed by atoms with van der Waals surface area (Å²) in [6.45, 7) is 19.1. The fourth-order valence-electron chi connectivity index (χ4n) is 4.75. The van der Waals surface area contributed by atoms with Gasteiger partial charge in [0.05, 0.1) is 12.3 Å². The second kappa shape index (κ2) is 14.5. The first kappa shape index (κ1) is 30.6. The summed E-state index contributed by atoms with van der Waals surface area (Å²) in [4.78, 5) is 12.4. The van der Waals surface area contributed by atoms with E-state index in [0.29, 0.717) is 24.1 Å². The Balaban J connectivity index is 1.62. The van der Waals surface area contributed by atoms with Crippen LogP contribution in [0.2, 0.25) is 0 Å². The van der Waals surface area contributed by atoms with Crippen molar-refractivity contribution in [2.45, 2.75) is 60.8 Å². The molecular weight excluding hydrogens is 524 g/mol. The average Bonchev–Trinajstić information content (AvgIpc) is 3.11. The van der Waals surface area contributed by atoms with Crippen molar-refractivity contribution in [1.29, 1.82) is 0 Å². The van der Waals surface area contributed by atoms with Gasteiger partial charge in [-0.25, -0.2) is 15.0 Å². The lowest BCUT2D eigenvalue weighted by atomic mass is 10.1. The smallest absolute Gasteiger partial charge is 0.172 e. The van der Waals surface area contributed by atoms with Gasteiger partial charge in [0.1, 0.15) is 17.2 Å². The Kier molecular flexibility index (Phi) is 10.6. The largest absolute Gasteiger partial charge is 0.489 e. The number of rotatable bonds is 10. The molecule has 0 radical (unpaired) electrons. The van der Waals surface area contributed by atoms with Gasteiger partial charge in [-0.15, -0.1) is 0 Å². The van der Waals surface area contributed by atoms with Crippen molar-refractivity contribution < 1.29 is 9.47 Å². The van der Waals surface area contributed by atoms with E-state index in [-0.39, 0.29) is 0 Å². The van der Waals surface area contributed by atoms with E-state index in [1.54, 1.807) is 11.2 Å². The molecule has 3 heterocycles. The van der Waals surface area contributed by atoms with Crippen molar-refractivity contribution in [1.82, 2.24) is 9.99 Å². The maximum atomic E-state index is 6.20. The molecule has 4 rings (SSSR count). The topological polar surface area (TPSA) is 74.6 Å². The monoisotopic (exact) mass is 568 g/mol. The standard InChI is InChI=1S/C34H44N6O2/c1-8-11-16-35-33(32-26(6)20-31-34(38-32)39(17-12-9-2)22-24(4)23-41-31)37-28-13-14-30(25(5)19-28)42-29-15-18-40(36-10-3)27(7)21-29/h10-11,13-16,18-21,24H,7-9,12,17,22-23H2,1-6H3,(H,35,37)/b16-11+,36-10-. The third kappa shape index (κ3) is 7.69. The fourth-order valence-corrected chi connectivity index (χ4v) is 4.75. The molecule has 2 aliphatic heterocycles. The first-order chi connectivity index (χ1) is 20.3. The Morgan fingerprint density at radius 3 is 2.79 bits per heavy atom. The minimum absolute atomic E-state index is 0.420. The van der Waals surface area contributed by atoms with Crippen LogP contribution in [0, 0.1) is 19.8 Å². The first-order valence-corrected chi connectivity index (χ1v) is 14.9. The second-order valence-corrected chi connectivity index (χ2v) is 10.7. The molecule has 0 amide bonds. The number of aryl methyl sites for hydroxylation is 2. The van der Waals surface area contributed by atoms with Crippen LogP contribution in [0.4, 0.5) is 11.5 Å². The number of ether oxygens (including phenoxy) is 2. The Morgan fingerprint density at radius 2 is 2.07 bits per heavy atom. The quantitative estimate of drug-likeness (QED) is 0.234. The zero-order valence-corrected chi connectivity index (χ0v) is 25.9. The SMILES string of the molecule is C=C1C=C(Oc2ccc(N/C(=N/C=C/CC)c3nc4c(cc3C)OCC(C)CN4CCCC)cc2C)C=CN1/N=C\C. The molecule has 0 aliphatic carbocycles. The van der Waals surface area contributed by atoms with Gasteiger partial charge >= 0.3 is 0 Å². The molecule has 0 spiro atoms. The highest BCUT2D eigenvalue weighted by Crippen LogP contribution is 2.33. The predicted octanol–water partition coefficient (Wildman–Crippen LogP) is 7.73. The van der Waals surface area contributed by atoms with E-state index in [4.69, 9.17) is 19.5 Å². The second-order valence-electron chi connectivity index (χ2n) is 10.7. The highest BCUT2D eigenvalue weighted by Gasteiger charge is 2.24. The van der Waals surface area contributed by atoms with Crippen LogP contribution in [0.25, 0.3) is 0 Å². The number of fused-ring (bicyclic) bond motifs is 1. The summed E-state index contributed by atoms with van der Waals surface area (Å²) in [6.07, 6.45) is 14.3. The molecule has 2 aliphatic rings. The lowest BCUT2D eigenvalue weighted by molar-refractivity contribution is 0.273. The maximum absolute atomic E-state index is 6.20. The van der Waals surface area contributed by atoms with E-state index in [1.165, 1.54) is 0 Å². The van der Waals surface area contributed by atoms with Crippen LogP contribution in [0.3, 0.4) is 0 Å². The molecule has 8 heteroatoms. The van der Waals surface area contributed by atoms with Crippen LogP contribution in [0.1, 0.15) is 63.8 Å². The summed E-state index contributed by atoms with van der Waals surface area (Å²) in [7, 11) is 0. The Hall–Kier alpha value is -4.33. The van der Waals surface area contributed by atoms with Crippen molar-refractivity contribution in [3.05, 3.63) is 89.7 Å². The third-order valence-electron chi connectivity index (χ3n) is 6.95. The number of hydrazone groups is 1. The van der Waals surface area contributed by atoms with E-state index in [0.717, 1.165) is 77.9 Å². The number of nitrogens with one attached hydrogen (secondary N) is 1. The number of benzene rings is 1. The highest BCUT2D eigenvalue weighted by atomic mass is 16.5. The van der Waals surface area contributed by atoms with Gasteiger partial charge in [-0.2, -0.15) is 5.10 Å². The van der Waals surface area contributed by atoms with Gasteiger partial charge in [0.15, 0.2) is 17.4 Å². The van der Waals surface area contributed by atoms with Gasteiger partial charge in [-0.1, -0.05) is 39.8 Å². The first-order valence-electron chi connectivity index (χ1n) is 14.9. The maximum Gasteiger partial charge on any atom is 0.172 e. The lowest BCUT2D eigenvalue weighted by Gasteiger charge is -2.25. The molecule has 1 aromatic heterocycles. The Labute approximate surface area is 250 Å². The summed E-state index contributed by atoms with van der Waals surface area (Å²) < 4.78 is 12.4. The number of nitrogens with zero attached hydrogens (tertiary/aromatic N) is 5. The minimum atomic E-state index is 0.420. The molecule has 0 bridgehead atoms. The van der Waals surface area contributed by atoms with E-state index >= 15 is 0 Å². The predicted molar refractivity (Wildman–Crippen MR) is 175 cm³/mol. The van der Waals surface area contributed by atoms with E-state index in [1.807, 2.05) is 56.6 Å². The lowest BCUT2D eigenvalue weighted by Crippen LogP contribution is -2.30. The molecule has 0 saturated carbocycles. The summed E-state index contributed by atoms with van der Waals surface area (Å²) in [5.74, 6) is 4.30. The number of hydrogen-bond donors (Lipinski definition) is 1. The van der Waals surface area contributed by atoms with Crippen LogP contribution in [-0.4, -0.2) is 41.7 Å². The van der Waals surface area contributed by atoms with Gasteiger partial charge in [-0.05, 0) is 75.1 Å². The molecule has 0 saturated heterocycles. The number of anilines is 2. The third-order valence-corrected chi connectivity index (χ3v) is 6.95. The number of hydrogen-bond acceptors (Lipinski definition) is 7. The van der Waals surface area contributed by atoms with Crippen molar-refractivity contribution in [3.63, 3.8) is 0 Å². The number of unbranched alkanes of at least 4 members (excludes halogenated alkanes) is 1. The molecule has 1 atom stereocenters. The molecule has 0 fully saturated rings. The van der Waals surface area contributed by atoms with Crippen molar-refractivity contribution in [2.24, 2.45) is 16.0 Å². The highest BCUT2D eigenvalue weighted by molar-refractivity contribution is 6.08. The number of aliphatic imine (C=N–C) groups is 1. The average molecular weight is 569 g/mol. The zero-order valence-electron chi connectivity index (χ0n) is 25.9. The van der Waals surface area contributed by atoms with Gasteiger partial charge in [0.25, 0.3) is 0 Å². The van der Waals surface area contributed by atoms with Gasteiger partial charge < -0.3 is 19.7 Å². The summed E-state index contributed by atoms with van der Waals surface area (Å²) in [5.41, 5.74) is 4.43. The molecule has 1 unspecified atom stereocenters. The van der Waals surface area contributed by atoms with E-state index < -0.39 is 0 Å². The van der Waals surface area contributed by atoms with Crippen LogP contribution in [-0.2, 0) is 0 Å². The van der Waals surface area contributed by atoms with Crippen LogP contribution in [0.5, 0.6) is 11.5 Å². The summed E-state index contributed by atoms with van der Waals surface area (Å²) in [6, 6.07) is 8.11. The molecule has 2 aromatic rings. The van der Waals surface area contributed by atoms with Crippen molar-refractivity contribution >= 4 is 23.6 Å². The fraction of sp³-hybridized carbons (Fsp3) is 0.382. The Bertz CT molecular complexity index is 1420. The van der Waals surface area contributed by atoms with Crippen LogP contribution >= 0.6 is 0 Å². The molecule has 42 heavy (non-hydrogen) atoms. The molecule has 222 valence electrons.